The Bertz CT molecular complexity index is 10300. The molecule has 0 bridgehead atoms. The SMILES string of the molecule is CC1(C)c2ccccc2-c2nc(-c3ccc(-n4c5ccccc5c5c4ccc4c6ccccc6n(-c6ccccc6)c45)cc3)nc(-c3ccccc3)c21.CC1(C)c2ccccc2-c2nc(-c3ccc(-n4c5ccccc5c5c6c(ccc54)-c4ccccc4C6(C)C)cc3)nc(-c3ccccc3)c21.CC1(C)c2ccccc2-c2nc(-c3cccc(-n4c5ccccc5c5c6oc7ccccc7c6ccc54)c3)nc(-c3ccccc3)c21. The highest BCUT2D eigenvalue weighted by Gasteiger charge is 2.45. The highest BCUT2D eigenvalue weighted by atomic mass is 16.3. The molecule has 0 fully saturated rings. The summed E-state index contributed by atoms with van der Waals surface area (Å²) in [6.07, 6.45) is 0. The third kappa shape index (κ3) is 13.0. The highest BCUT2D eigenvalue weighted by Crippen LogP contribution is 2.59. The molecule has 706 valence electrons. The number of hydrogen-bond acceptors (Lipinski definition) is 7. The van der Waals surface area contributed by atoms with E-state index in [1.807, 2.05) is 12.1 Å². The molecule has 27 aromatic rings. The minimum Gasteiger partial charge on any atom is -0.455 e. The fourth-order valence-electron chi connectivity index (χ4n) is 25.7. The van der Waals surface area contributed by atoms with Crippen LogP contribution in [-0.4, -0.2) is 48.2 Å². The summed E-state index contributed by atoms with van der Waals surface area (Å²) in [5.41, 5.74) is 43.8. The molecule has 8 aromatic heterocycles. The van der Waals surface area contributed by atoms with Gasteiger partial charge in [0.05, 0.1) is 83.7 Å². The van der Waals surface area contributed by atoms with Crippen LogP contribution < -0.4 is 0 Å². The van der Waals surface area contributed by atoms with Gasteiger partial charge in [-0.1, -0.05) is 377 Å². The van der Waals surface area contributed by atoms with Gasteiger partial charge in [0, 0.05) is 160 Å². The summed E-state index contributed by atoms with van der Waals surface area (Å²) in [6.45, 7) is 18.5. The van der Waals surface area contributed by atoms with Gasteiger partial charge in [0.25, 0.3) is 0 Å². The van der Waals surface area contributed by atoms with E-state index in [4.69, 9.17) is 34.3 Å². The highest BCUT2D eigenvalue weighted by molar-refractivity contribution is 6.27. The van der Waals surface area contributed by atoms with E-state index in [9.17, 15) is 0 Å². The zero-order valence-electron chi connectivity index (χ0n) is 83.6. The van der Waals surface area contributed by atoms with Crippen LogP contribution in [0.1, 0.15) is 99.9 Å². The second-order valence-corrected chi connectivity index (χ2v) is 42.2. The third-order valence-corrected chi connectivity index (χ3v) is 32.5. The largest absolute Gasteiger partial charge is 0.455 e. The van der Waals surface area contributed by atoms with E-state index in [0.717, 1.165) is 152 Å². The third-order valence-electron chi connectivity index (χ3n) is 32.5. The molecule has 0 saturated carbocycles. The molecule has 149 heavy (non-hydrogen) atoms. The summed E-state index contributed by atoms with van der Waals surface area (Å²) >= 11 is 0. The smallest absolute Gasteiger partial charge is 0.160 e. The van der Waals surface area contributed by atoms with Gasteiger partial charge >= 0.3 is 0 Å². The molecule has 0 radical (unpaired) electrons. The van der Waals surface area contributed by atoms with Crippen LogP contribution in [0.15, 0.2) is 453 Å². The molecule has 4 aliphatic rings. The Labute approximate surface area is 861 Å². The van der Waals surface area contributed by atoms with E-state index in [-0.39, 0.29) is 21.7 Å². The minimum atomic E-state index is -0.220. The van der Waals surface area contributed by atoms with Gasteiger partial charge < -0.3 is 22.7 Å². The van der Waals surface area contributed by atoms with Gasteiger partial charge in [-0.2, -0.15) is 0 Å². The predicted molar refractivity (Wildman–Crippen MR) is 614 cm³/mol. The van der Waals surface area contributed by atoms with Crippen LogP contribution in [0.25, 0.3) is 245 Å². The maximum absolute atomic E-state index is 6.53. The van der Waals surface area contributed by atoms with Crippen LogP contribution in [0.5, 0.6) is 0 Å². The lowest BCUT2D eigenvalue weighted by molar-refractivity contribution is 0.657. The first-order valence-electron chi connectivity index (χ1n) is 51.6. The molecule has 31 rings (SSSR count). The summed E-state index contributed by atoms with van der Waals surface area (Å²) in [5, 5.41) is 12.2. The number of aromatic nitrogens is 10. The lowest BCUT2D eigenvalue weighted by Gasteiger charge is -2.23. The second kappa shape index (κ2) is 33.0. The van der Waals surface area contributed by atoms with Crippen LogP contribution in [0.2, 0.25) is 0 Å². The van der Waals surface area contributed by atoms with Crippen molar-refractivity contribution in [1.82, 2.24) is 48.2 Å². The molecule has 0 atom stereocenters. The van der Waals surface area contributed by atoms with Crippen molar-refractivity contribution in [3.63, 3.8) is 0 Å². The van der Waals surface area contributed by atoms with E-state index >= 15 is 0 Å². The molecule has 8 heterocycles. The Morgan fingerprint density at radius 1 is 0.188 bits per heavy atom. The molecule has 11 heteroatoms. The number of fused-ring (bicyclic) bond motifs is 30. The van der Waals surface area contributed by atoms with Crippen LogP contribution >= 0.6 is 0 Å². The zero-order valence-corrected chi connectivity index (χ0v) is 83.6. The van der Waals surface area contributed by atoms with E-state index < -0.39 is 0 Å². The molecule has 0 unspecified atom stereocenters. The van der Waals surface area contributed by atoms with Gasteiger partial charge in [-0.15, -0.1) is 0 Å². The van der Waals surface area contributed by atoms with E-state index in [2.05, 4.69) is 510 Å². The van der Waals surface area contributed by atoms with Gasteiger partial charge in [-0.25, -0.2) is 29.9 Å². The molecular formula is C138H98N10O. The van der Waals surface area contributed by atoms with Crippen LogP contribution in [-0.2, 0) is 21.7 Å². The van der Waals surface area contributed by atoms with Crippen LogP contribution in [0.4, 0.5) is 0 Å². The molecule has 4 aliphatic carbocycles. The topological polar surface area (TPSA) is 110 Å². The minimum absolute atomic E-state index is 0.0984. The molecule has 0 spiro atoms. The second-order valence-electron chi connectivity index (χ2n) is 42.2. The molecule has 0 saturated heterocycles. The zero-order chi connectivity index (χ0) is 99.6. The maximum Gasteiger partial charge on any atom is 0.160 e. The maximum atomic E-state index is 6.53. The van der Waals surface area contributed by atoms with Crippen LogP contribution in [0.3, 0.4) is 0 Å². The van der Waals surface area contributed by atoms with Crippen molar-refractivity contribution >= 4 is 109 Å². The summed E-state index contributed by atoms with van der Waals surface area (Å²) in [7, 11) is 0. The van der Waals surface area contributed by atoms with Crippen molar-refractivity contribution in [2.75, 3.05) is 0 Å². The number of hydrogen-bond donors (Lipinski definition) is 0. The Balaban J connectivity index is 0.000000105. The number of benzene rings is 19. The van der Waals surface area contributed by atoms with E-state index in [1.165, 1.54) is 138 Å². The summed E-state index contributed by atoms with van der Waals surface area (Å²) in [6, 6.07) is 160. The first-order valence-corrected chi connectivity index (χ1v) is 51.6. The molecule has 0 aliphatic heterocycles. The fraction of sp³-hybridized carbons (Fsp3) is 0.0870. The first-order chi connectivity index (χ1) is 73.0. The van der Waals surface area contributed by atoms with E-state index in [0.29, 0.717) is 0 Å². The lowest BCUT2D eigenvalue weighted by Crippen LogP contribution is -2.17. The average Bonchev–Trinajstić information content (AvgIpc) is 1.55. The van der Waals surface area contributed by atoms with Crippen LogP contribution in [0, 0.1) is 0 Å². The monoisotopic (exact) mass is 1910 g/mol. The lowest BCUT2D eigenvalue weighted by atomic mass is 9.80. The number of furan rings is 1. The summed E-state index contributed by atoms with van der Waals surface area (Å²) < 4.78 is 16.1. The first kappa shape index (κ1) is 87.0. The van der Waals surface area contributed by atoms with Gasteiger partial charge in [0.15, 0.2) is 17.5 Å². The van der Waals surface area contributed by atoms with Crippen molar-refractivity contribution in [1.29, 1.82) is 0 Å². The Hall–Kier alpha value is -18.6. The average molecular weight is 1910 g/mol. The summed E-state index contributed by atoms with van der Waals surface area (Å²) in [4.78, 5) is 31.9. The van der Waals surface area contributed by atoms with Crippen molar-refractivity contribution in [3.8, 4) is 136 Å². The Morgan fingerprint density at radius 3 is 0.993 bits per heavy atom. The number of para-hydroxylation sites is 6. The number of nitrogens with zero attached hydrogens (tertiary/aromatic N) is 10. The Morgan fingerprint density at radius 2 is 0.510 bits per heavy atom. The molecule has 0 N–H and O–H groups in total. The van der Waals surface area contributed by atoms with Gasteiger partial charge in [-0.3, -0.25) is 0 Å². The van der Waals surface area contributed by atoms with Gasteiger partial charge in [0.2, 0.25) is 0 Å². The fourth-order valence-corrected chi connectivity index (χ4v) is 25.7. The van der Waals surface area contributed by atoms with Crippen molar-refractivity contribution in [2.45, 2.75) is 77.0 Å². The van der Waals surface area contributed by atoms with Crippen molar-refractivity contribution in [3.05, 3.63) is 493 Å². The van der Waals surface area contributed by atoms with Crippen molar-refractivity contribution in [2.24, 2.45) is 0 Å². The molecule has 0 amide bonds. The van der Waals surface area contributed by atoms with Gasteiger partial charge in [-0.05, 0) is 166 Å². The van der Waals surface area contributed by atoms with Crippen molar-refractivity contribution < 1.29 is 4.42 Å². The Kier molecular flexibility index (Phi) is 19.3. The summed E-state index contributed by atoms with van der Waals surface area (Å²) in [5.74, 6) is 2.20. The molecule has 11 nitrogen and oxygen atoms in total. The number of rotatable bonds is 10. The molecular weight excluding hydrogens is 1810 g/mol. The standard InChI is InChI=1S/C49H34N4.C46H35N3.C43H29N3O/c1-49(2)39-22-12-9-20-37(39)46-44(49)45(31-15-5-3-6-16-31)50-48(51-46)32-25-27-34(28-26-32)52-41-24-14-11-21-38(41)43-42(52)30-29-36-35-19-10-13-23-40(35)53(47(36)43)33-17-7-4-8-18-33;1-45(2)35-19-11-8-16-31(35)32-26-27-38-39(40(32)45)34-18-10-13-21-37(34)49(38)30-24-22-29(23-25-30)44-47-42(28-14-6-5-7-15-28)41-43(48-44)33-17-9-12-20-36(33)46(41,3)4;1-43(2)33-20-9-6-18-31(33)40-38(43)39(26-13-4-3-5-14-26)44-42(45-40)27-15-12-16-28(25-27)46-34-21-10-7-19-32(34)37-35(46)24-23-30-29-17-8-11-22-36(29)47-41(30)37/h3-30H,1-2H3;5-27H,1-4H3;3-25H,1-2H3. The van der Waals surface area contributed by atoms with E-state index in [1.54, 1.807) is 0 Å². The van der Waals surface area contributed by atoms with Gasteiger partial charge in [0.1, 0.15) is 11.2 Å². The normalized spacial score (nSPS) is 13.9. The predicted octanol–water partition coefficient (Wildman–Crippen LogP) is 34.9. The molecule has 19 aromatic carbocycles. The quantitative estimate of drug-likeness (QED) is 0.134.